The molecule has 19 heteroatoms. The van der Waals surface area contributed by atoms with Crippen LogP contribution in [0.4, 0.5) is 24.5 Å². The molecule has 330 valence electrons. The summed E-state index contributed by atoms with van der Waals surface area (Å²) in [4.78, 5) is 46.4. The summed E-state index contributed by atoms with van der Waals surface area (Å²) < 4.78 is 81.9. The molecule has 4 aromatic rings. The lowest BCUT2D eigenvalue weighted by atomic mass is 9.88. The third kappa shape index (κ3) is 10.1. The highest BCUT2D eigenvalue weighted by Crippen LogP contribution is 2.36. The number of hydrogen-bond acceptors (Lipinski definition) is 10. The number of alkyl halides is 1. The normalized spacial score (nSPS) is 18.6. The third-order valence-electron chi connectivity index (χ3n) is 12.2. The van der Waals surface area contributed by atoms with Crippen LogP contribution >= 0.6 is 0 Å². The monoisotopic (exact) mass is 877 g/mol. The van der Waals surface area contributed by atoms with E-state index >= 15 is 13.2 Å². The second-order valence-corrected chi connectivity index (χ2v) is 18.0. The zero-order chi connectivity index (χ0) is 44.2. The van der Waals surface area contributed by atoms with E-state index in [2.05, 4.69) is 25.2 Å². The van der Waals surface area contributed by atoms with Crippen LogP contribution in [0.1, 0.15) is 68.9 Å². The zero-order valence-electron chi connectivity index (χ0n) is 34.6. The summed E-state index contributed by atoms with van der Waals surface area (Å²) in [7, 11) is -2.70. The van der Waals surface area contributed by atoms with Crippen molar-refractivity contribution in [2.24, 2.45) is 0 Å². The number of ether oxygens (including phenoxy) is 1. The van der Waals surface area contributed by atoms with Gasteiger partial charge in [0.1, 0.15) is 28.9 Å². The van der Waals surface area contributed by atoms with E-state index in [4.69, 9.17) is 4.74 Å². The summed E-state index contributed by atoms with van der Waals surface area (Å²) in [5, 5.41) is 16.1. The molecule has 1 unspecified atom stereocenters. The van der Waals surface area contributed by atoms with Crippen LogP contribution in [0.15, 0.2) is 59.7 Å². The predicted octanol–water partition coefficient (Wildman–Crippen LogP) is 5.24. The Hall–Kier alpha value is -5.71. The minimum absolute atomic E-state index is 0.00485. The number of carbonyl (C=O) groups excluding carboxylic acids is 2. The molecule has 3 aliphatic heterocycles. The Bertz CT molecular complexity index is 2530. The molecule has 0 radical (unpaired) electrons. The van der Waals surface area contributed by atoms with E-state index < -0.39 is 38.6 Å². The molecule has 3 saturated heterocycles. The zero-order valence-corrected chi connectivity index (χ0v) is 35.4. The van der Waals surface area contributed by atoms with Gasteiger partial charge >= 0.3 is 10.2 Å². The highest BCUT2D eigenvalue weighted by Gasteiger charge is 2.36. The van der Waals surface area contributed by atoms with E-state index in [-0.39, 0.29) is 98.4 Å². The van der Waals surface area contributed by atoms with E-state index in [1.54, 1.807) is 17.9 Å². The molecule has 62 heavy (non-hydrogen) atoms. The van der Waals surface area contributed by atoms with Gasteiger partial charge in [0.05, 0.1) is 29.5 Å². The van der Waals surface area contributed by atoms with Crippen molar-refractivity contribution < 1.29 is 35.9 Å². The first-order valence-corrected chi connectivity index (χ1v) is 22.2. The number of nitrogens with zero attached hydrogens (tertiary/aromatic N) is 6. The van der Waals surface area contributed by atoms with Crippen LogP contribution in [0.25, 0.3) is 10.9 Å². The Labute approximate surface area is 358 Å². The standard InChI is InChI=1S/C43H50F3N9O6S/c1-3-52(2)62(59,60)51-38-10-8-35(44)41(34(38)24-47)61-31-6-9-37-33(23-31)42(58)55(27-49-37)21-16-43(46)14-19-54(20-15-43)40(57)26-53-17-12-28(13-18-53)32-7-4-29(22-36(32)45)50-30-5-11-39(56)48-25-30/h4,6-10,22-23,27-28,30,50-51H,3,5,11-21,25-26H2,1-2H3,(H,48,56). The molecule has 2 amide bonds. The van der Waals surface area contributed by atoms with Gasteiger partial charge in [0.25, 0.3) is 5.56 Å². The summed E-state index contributed by atoms with van der Waals surface area (Å²) in [5.74, 6) is -1.79. The van der Waals surface area contributed by atoms with E-state index in [1.807, 2.05) is 12.1 Å². The number of nitrogens with one attached hydrogen (secondary N) is 3. The maximum Gasteiger partial charge on any atom is 0.301 e. The van der Waals surface area contributed by atoms with Gasteiger partial charge in [0.2, 0.25) is 11.8 Å². The molecular formula is C43H50F3N9O6S. The Morgan fingerprint density at radius 3 is 2.48 bits per heavy atom. The summed E-state index contributed by atoms with van der Waals surface area (Å²) in [5.41, 5.74) is -1.07. The topological polar surface area (TPSA) is 182 Å². The third-order valence-corrected chi connectivity index (χ3v) is 13.7. The van der Waals surface area contributed by atoms with Crippen LogP contribution in [0.2, 0.25) is 0 Å². The molecule has 4 heterocycles. The lowest BCUT2D eigenvalue weighted by Gasteiger charge is -2.38. The highest BCUT2D eigenvalue weighted by molar-refractivity contribution is 7.90. The van der Waals surface area contributed by atoms with Crippen molar-refractivity contribution in [1.82, 2.24) is 29.0 Å². The minimum atomic E-state index is -4.04. The quantitative estimate of drug-likeness (QED) is 0.152. The van der Waals surface area contributed by atoms with E-state index in [0.717, 1.165) is 16.4 Å². The number of amides is 2. The smallest absolute Gasteiger partial charge is 0.301 e. The molecule has 3 N–H and O–H groups in total. The number of carbonyl (C=O) groups is 2. The second-order valence-electron chi connectivity index (χ2n) is 16.2. The van der Waals surface area contributed by atoms with Crippen molar-refractivity contribution in [2.45, 2.75) is 76.0 Å². The van der Waals surface area contributed by atoms with Crippen molar-refractivity contribution in [1.29, 1.82) is 5.26 Å². The van der Waals surface area contributed by atoms with Gasteiger partial charge < -0.3 is 20.3 Å². The number of piperidine rings is 3. The number of fused-ring (bicyclic) bond motifs is 1. The molecule has 1 aromatic heterocycles. The van der Waals surface area contributed by atoms with Crippen LogP contribution in [0.3, 0.4) is 0 Å². The Morgan fingerprint density at radius 2 is 1.81 bits per heavy atom. The first-order valence-electron chi connectivity index (χ1n) is 20.8. The molecule has 0 saturated carbocycles. The SMILES string of the molecule is CCN(C)S(=O)(=O)Nc1ccc(F)c(Oc2ccc3ncn(CCC4(F)CCN(C(=O)CN5CCC(c6ccc(NC7CCC(=O)NC7)cc6F)CC5)CC4)c(=O)c3c2)c1C#N. The van der Waals surface area contributed by atoms with Crippen LogP contribution in [0.5, 0.6) is 11.5 Å². The molecule has 0 spiro atoms. The van der Waals surface area contributed by atoms with Gasteiger partial charge in [0, 0.05) is 57.9 Å². The Morgan fingerprint density at radius 1 is 1.05 bits per heavy atom. The number of anilines is 2. The fourth-order valence-corrected chi connectivity index (χ4v) is 9.12. The van der Waals surface area contributed by atoms with E-state index in [9.17, 15) is 28.1 Å². The fourth-order valence-electron chi connectivity index (χ4n) is 8.18. The first kappa shape index (κ1) is 44.3. The summed E-state index contributed by atoms with van der Waals surface area (Å²) >= 11 is 0. The van der Waals surface area contributed by atoms with Crippen molar-refractivity contribution in [2.75, 3.05) is 62.9 Å². The van der Waals surface area contributed by atoms with Crippen LogP contribution in [-0.2, 0) is 26.3 Å². The number of hydrogen-bond donors (Lipinski definition) is 3. The number of likely N-dealkylation sites (tertiary alicyclic amines) is 2. The summed E-state index contributed by atoms with van der Waals surface area (Å²) in [6.45, 7) is 4.21. The van der Waals surface area contributed by atoms with Crippen LogP contribution in [-0.4, -0.2) is 108 Å². The first-order chi connectivity index (χ1) is 29.6. The average Bonchev–Trinajstić information content (AvgIpc) is 3.26. The van der Waals surface area contributed by atoms with Gasteiger partial charge in [-0.3, -0.25) is 28.6 Å². The maximum absolute atomic E-state index is 16.1. The molecule has 3 aromatic carbocycles. The van der Waals surface area contributed by atoms with Gasteiger partial charge in [-0.05, 0) is 106 Å². The molecule has 7 rings (SSSR count). The highest BCUT2D eigenvalue weighted by atomic mass is 32.2. The molecule has 1 atom stereocenters. The number of nitriles is 1. The van der Waals surface area contributed by atoms with Crippen molar-refractivity contribution in [3.05, 3.63) is 88.0 Å². The van der Waals surface area contributed by atoms with E-state index in [1.165, 1.54) is 42.2 Å². The van der Waals surface area contributed by atoms with Crippen LogP contribution in [0, 0.1) is 23.0 Å². The molecule has 0 aliphatic carbocycles. The predicted molar refractivity (Wildman–Crippen MR) is 227 cm³/mol. The average molecular weight is 878 g/mol. The largest absolute Gasteiger partial charge is 0.453 e. The van der Waals surface area contributed by atoms with Gasteiger partial charge in [-0.1, -0.05) is 13.0 Å². The fraction of sp³-hybridized carbons (Fsp3) is 0.465. The number of rotatable bonds is 14. The van der Waals surface area contributed by atoms with Crippen LogP contribution < -0.4 is 25.7 Å². The van der Waals surface area contributed by atoms with Crippen molar-refractivity contribution in [3.8, 4) is 17.6 Å². The maximum atomic E-state index is 16.1. The number of aryl methyl sites for hydroxylation is 1. The number of benzene rings is 3. The Balaban J connectivity index is 0.904. The summed E-state index contributed by atoms with van der Waals surface area (Å²) in [6, 6.07) is 13.4. The Kier molecular flexibility index (Phi) is 13.4. The lowest BCUT2D eigenvalue weighted by Crippen LogP contribution is -2.49. The van der Waals surface area contributed by atoms with Gasteiger partial charge in [-0.25, -0.2) is 18.2 Å². The van der Waals surface area contributed by atoms with Crippen molar-refractivity contribution in [3.63, 3.8) is 0 Å². The van der Waals surface area contributed by atoms with Gasteiger partial charge in [-0.2, -0.15) is 18.0 Å². The molecule has 15 nitrogen and oxygen atoms in total. The second kappa shape index (κ2) is 18.7. The molecule has 3 fully saturated rings. The van der Waals surface area contributed by atoms with Gasteiger partial charge in [0.15, 0.2) is 11.6 Å². The molecule has 3 aliphatic rings. The lowest BCUT2D eigenvalue weighted by molar-refractivity contribution is -0.135. The molecular weight excluding hydrogens is 828 g/mol. The van der Waals surface area contributed by atoms with Crippen molar-refractivity contribution >= 4 is 44.3 Å². The number of halogens is 3. The van der Waals surface area contributed by atoms with Gasteiger partial charge in [-0.15, -0.1) is 0 Å². The molecule has 0 bridgehead atoms. The minimum Gasteiger partial charge on any atom is -0.453 e. The summed E-state index contributed by atoms with van der Waals surface area (Å²) in [6.07, 6.45) is 4.08. The van der Waals surface area contributed by atoms with E-state index in [0.29, 0.717) is 62.1 Å². The number of aromatic nitrogens is 2.